The molecular formula is C18H21N2. The first-order valence-corrected chi connectivity index (χ1v) is 7.41. The van der Waals surface area contributed by atoms with Gasteiger partial charge in [-0.25, -0.2) is 0 Å². The van der Waals surface area contributed by atoms with Gasteiger partial charge in [0.25, 0.3) is 0 Å². The SMILES string of the molecule is CC(c1ccc(Nc2[c]cccc2)cc1)N1CCCC1. The molecule has 0 amide bonds. The average molecular weight is 265 g/mol. The monoisotopic (exact) mass is 265 g/mol. The molecule has 1 atom stereocenters. The molecule has 1 N–H and O–H groups in total. The van der Waals surface area contributed by atoms with Gasteiger partial charge >= 0.3 is 0 Å². The molecule has 0 saturated carbocycles. The van der Waals surface area contributed by atoms with Crippen LogP contribution in [0.5, 0.6) is 0 Å². The maximum absolute atomic E-state index is 3.37. The second kappa shape index (κ2) is 6.10. The van der Waals surface area contributed by atoms with Crippen LogP contribution in [0, 0.1) is 6.07 Å². The number of likely N-dealkylation sites (tertiary alicyclic amines) is 1. The van der Waals surface area contributed by atoms with E-state index < -0.39 is 0 Å². The van der Waals surface area contributed by atoms with E-state index in [0.717, 1.165) is 11.4 Å². The van der Waals surface area contributed by atoms with Crippen LogP contribution < -0.4 is 5.32 Å². The Kier molecular flexibility index (Phi) is 4.03. The van der Waals surface area contributed by atoms with Crippen LogP contribution in [0.3, 0.4) is 0 Å². The van der Waals surface area contributed by atoms with Gasteiger partial charge in [-0.15, -0.1) is 0 Å². The zero-order valence-electron chi connectivity index (χ0n) is 12.0. The third kappa shape index (κ3) is 3.02. The molecule has 103 valence electrons. The molecule has 2 aromatic rings. The van der Waals surface area contributed by atoms with Crippen LogP contribution in [0.2, 0.25) is 0 Å². The van der Waals surface area contributed by atoms with Gasteiger partial charge in [0.05, 0.1) is 0 Å². The predicted molar refractivity (Wildman–Crippen MR) is 84.2 cm³/mol. The van der Waals surface area contributed by atoms with Gasteiger partial charge in [-0.3, -0.25) is 4.90 Å². The molecule has 2 aromatic carbocycles. The van der Waals surface area contributed by atoms with E-state index >= 15 is 0 Å². The summed E-state index contributed by atoms with van der Waals surface area (Å²) < 4.78 is 0. The summed E-state index contributed by atoms with van der Waals surface area (Å²) in [4.78, 5) is 2.56. The third-order valence-electron chi connectivity index (χ3n) is 4.07. The Morgan fingerprint density at radius 3 is 2.45 bits per heavy atom. The molecule has 2 nitrogen and oxygen atoms in total. The molecule has 0 aliphatic carbocycles. The maximum Gasteiger partial charge on any atom is 0.0464 e. The number of benzene rings is 2. The Morgan fingerprint density at radius 2 is 1.80 bits per heavy atom. The Bertz CT molecular complexity index is 527. The van der Waals surface area contributed by atoms with E-state index in [4.69, 9.17) is 0 Å². The van der Waals surface area contributed by atoms with Gasteiger partial charge in [0.1, 0.15) is 0 Å². The Morgan fingerprint density at radius 1 is 1.05 bits per heavy atom. The number of rotatable bonds is 4. The predicted octanol–water partition coefficient (Wildman–Crippen LogP) is 4.39. The molecule has 1 unspecified atom stereocenters. The normalized spacial score (nSPS) is 17.1. The first-order valence-electron chi connectivity index (χ1n) is 7.41. The van der Waals surface area contributed by atoms with Crippen molar-refractivity contribution in [3.05, 3.63) is 60.2 Å². The summed E-state index contributed by atoms with van der Waals surface area (Å²) in [6.07, 6.45) is 2.68. The van der Waals surface area contributed by atoms with E-state index in [9.17, 15) is 0 Å². The second-order valence-corrected chi connectivity index (χ2v) is 5.44. The Hall–Kier alpha value is -1.80. The van der Waals surface area contributed by atoms with Crippen LogP contribution >= 0.6 is 0 Å². The van der Waals surface area contributed by atoms with E-state index in [1.807, 2.05) is 24.3 Å². The molecular weight excluding hydrogens is 244 g/mol. The minimum absolute atomic E-state index is 0.523. The zero-order chi connectivity index (χ0) is 13.8. The fraction of sp³-hybridized carbons (Fsp3) is 0.333. The second-order valence-electron chi connectivity index (χ2n) is 5.44. The number of hydrogen-bond donors (Lipinski definition) is 1. The smallest absolute Gasteiger partial charge is 0.0464 e. The van der Waals surface area contributed by atoms with Crippen LogP contribution in [0.15, 0.2) is 48.5 Å². The average Bonchev–Trinajstić information content (AvgIpc) is 3.03. The van der Waals surface area contributed by atoms with Crippen molar-refractivity contribution >= 4 is 11.4 Å². The van der Waals surface area contributed by atoms with Crippen LogP contribution in [0.1, 0.15) is 31.4 Å². The summed E-state index contributed by atoms with van der Waals surface area (Å²) in [6.45, 7) is 4.78. The van der Waals surface area contributed by atoms with Crippen molar-refractivity contribution in [2.24, 2.45) is 0 Å². The lowest BCUT2D eigenvalue weighted by Crippen LogP contribution is -2.23. The van der Waals surface area contributed by atoms with Gasteiger partial charge in [-0.05, 0) is 56.6 Å². The molecule has 1 saturated heterocycles. The van der Waals surface area contributed by atoms with Crippen molar-refractivity contribution in [3.63, 3.8) is 0 Å². The van der Waals surface area contributed by atoms with Crippen molar-refractivity contribution in [3.8, 4) is 0 Å². The molecule has 1 aliphatic rings. The lowest BCUT2D eigenvalue weighted by molar-refractivity contribution is 0.263. The fourth-order valence-electron chi connectivity index (χ4n) is 2.81. The number of para-hydroxylation sites is 1. The van der Waals surface area contributed by atoms with Gasteiger partial charge in [-0.1, -0.05) is 30.3 Å². The van der Waals surface area contributed by atoms with Crippen LogP contribution in [0.4, 0.5) is 11.4 Å². The van der Waals surface area contributed by atoms with E-state index in [1.54, 1.807) is 0 Å². The third-order valence-corrected chi connectivity index (χ3v) is 4.07. The Labute approximate surface area is 121 Å². The topological polar surface area (TPSA) is 15.3 Å². The summed E-state index contributed by atoms with van der Waals surface area (Å²) in [5.41, 5.74) is 3.52. The van der Waals surface area contributed by atoms with Gasteiger partial charge in [0.2, 0.25) is 0 Å². The summed E-state index contributed by atoms with van der Waals surface area (Å²) in [5.74, 6) is 0. The van der Waals surface area contributed by atoms with Crippen molar-refractivity contribution in [2.75, 3.05) is 18.4 Å². The molecule has 0 bridgehead atoms. The van der Waals surface area contributed by atoms with Crippen molar-refractivity contribution in [1.82, 2.24) is 4.90 Å². The summed E-state index contributed by atoms with van der Waals surface area (Å²) in [7, 11) is 0. The highest BCUT2D eigenvalue weighted by molar-refractivity contribution is 5.59. The van der Waals surface area contributed by atoms with Crippen LogP contribution in [-0.2, 0) is 0 Å². The minimum Gasteiger partial charge on any atom is -0.355 e. The molecule has 1 aliphatic heterocycles. The minimum atomic E-state index is 0.523. The van der Waals surface area contributed by atoms with Crippen molar-refractivity contribution in [1.29, 1.82) is 0 Å². The maximum atomic E-state index is 3.37. The number of anilines is 2. The van der Waals surface area contributed by atoms with Crippen LogP contribution in [0.25, 0.3) is 0 Å². The Balaban J connectivity index is 1.68. The summed E-state index contributed by atoms with van der Waals surface area (Å²) >= 11 is 0. The van der Waals surface area contributed by atoms with Gasteiger partial charge in [-0.2, -0.15) is 0 Å². The van der Waals surface area contributed by atoms with E-state index in [0.29, 0.717) is 6.04 Å². The van der Waals surface area contributed by atoms with Crippen LogP contribution in [-0.4, -0.2) is 18.0 Å². The standard InChI is InChI=1S/C18H21N2/c1-15(20-13-5-6-14-20)16-9-11-18(12-10-16)19-17-7-3-2-4-8-17/h2-4,7,9-12,15,19H,5-6,13-14H2,1H3. The highest BCUT2D eigenvalue weighted by Crippen LogP contribution is 2.26. The van der Waals surface area contributed by atoms with Crippen molar-refractivity contribution < 1.29 is 0 Å². The lowest BCUT2D eigenvalue weighted by atomic mass is 10.1. The molecule has 1 radical (unpaired) electrons. The summed E-state index contributed by atoms with van der Waals surface area (Å²) in [6, 6.07) is 20.4. The lowest BCUT2D eigenvalue weighted by Gasteiger charge is -2.24. The molecule has 0 aromatic heterocycles. The van der Waals surface area contributed by atoms with Gasteiger partial charge < -0.3 is 5.32 Å². The van der Waals surface area contributed by atoms with E-state index in [1.165, 1.54) is 31.5 Å². The highest BCUT2D eigenvalue weighted by Gasteiger charge is 2.18. The van der Waals surface area contributed by atoms with Crippen molar-refractivity contribution in [2.45, 2.75) is 25.8 Å². The first kappa shape index (κ1) is 13.2. The molecule has 1 fully saturated rings. The number of hydrogen-bond acceptors (Lipinski definition) is 2. The molecule has 20 heavy (non-hydrogen) atoms. The highest BCUT2D eigenvalue weighted by atomic mass is 15.2. The first-order chi connectivity index (χ1) is 9.83. The van der Waals surface area contributed by atoms with Gasteiger partial charge in [0.15, 0.2) is 0 Å². The van der Waals surface area contributed by atoms with E-state index in [-0.39, 0.29) is 0 Å². The number of nitrogens with one attached hydrogen (secondary N) is 1. The largest absolute Gasteiger partial charge is 0.355 e. The summed E-state index contributed by atoms with van der Waals surface area (Å²) in [5, 5.41) is 3.37. The molecule has 0 spiro atoms. The number of nitrogens with zero attached hydrogens (tertiary/aromatic N) is 1. The van der Waals surface area contributed by atoms with Gasteiger partial charge in [0, 0.05) is 23.5 Å². The molecule has 3 rings (SSSR count). The molecule has 1 heterocycles. The quantitative estimate of drug-likeness (QED) is 0.882. The van der Waals surface area contributed by atoms with E-state index in [2.05, 4.69) is 47.5 Å². The zero-order valence-corrected chi connectivity index (χ0v) is 12.0. The molecule has 2 heteroatoms. The fourth-order valence-corrected chi connectivity index (χ4v) is 2.81.